The van der Waals surface area contributed by atoms with E-state index < -0.39 is 0 Å². The number of rotatable bonds is 3. The average molecular weight is 403 g/mol. The number of nitriles is 1. The zero-order valence-electron chi connectivity index (χ0n) is 15.4. The highest BCUT2D eigenvalue weighted by Crippen LogP contribution is 2.36. The summed E-state index contributed by atoms with van der Waals surface area (Å²) in [5, 5.41) is 12.9. The molecule has 4 rings (SSSR count). The van der Waals surface area contributed by atoms with Crippen LogP contribution >= 0.6 is 11.3 Å². The first-order valence-electron chi connectivity index (χ1n) is 9.01. The SMILES string of the molecule is N#Cc1c(NC(=O)/C=C/c2ccccc2)sc2c1CCN(C(=O)n1ccnc1)C2. The zero-order valence-corrected chi connectivity index (χ0v) is 16.2. The number of fused-ring (bicyclic) bond motifs is 1. The summed E-state index contributed by atoms with van der Waals surface area (Å²) in [4.78, 5) is 31.4. The van der Waals surface area contributed by atoms with Gasteiger partial charge in [-0.3, -0.25) is 9.36 Å². The van der Waals surface area contributed by atoms with E-state index in [1.807, 2.05) is 30.3 Å². The van der Waals surface area contributed by atoms with Gasteiger partial charge in [0.15, 0.2) is 0 Å². The zero-order chi connectivity index (χ0) is 20.2. The summed E-state index contributed by atoms with van der Waals surface area (Å²) in [6.45, 7) is 0.915. The first-order chi connectivity index (χ1) is 14.2. The maximum absolute atomic E-state index is 12.5. The molecule has 1 aliphatic rings. The number of carbonyl (C=O) groups excluding carboxylic acids is 2. The summed E-state index contributed by atoms with van der Waals surface area (Å²) in [6.07, 6.45) is 8.38. The Balaban J connectivity index is 1.50. The molecule has 0 spiro atoms. The van der Waals surface area contributed by atoms with Gasteiger partial charge in [0.05, 0.1) is 12.1 Å². The van der Waals surface area contributed by atoms with Gasteiger partial charge >= 0.3 is 6.03 Å². The van der Waals surface area contributed by atoms with Crippen LogP contribution in [0.2, 0.25) is 0 Å². The molecular formula is C21H17N5O2S. The average Bonchev–Trinajstić information content (AvgIpc) is 3.39. The van der Waals surface area contributed by atoms with Gasteiger partial charge in [0.2, 0.25) is 5.91 Å². The summed E-state index contributed by atoms with van der Waals surface area (Å²) >= 11 is 1.35. The normalized spacial score (nSPS) is 13.1. The van der Waals surface area contributed by atoms with Crippen LogP contribution in [0.5, 0.6) is 0 Å². The Morgan fingerprint density at radius 2 is 2.10 bits per heavy atom. The molecule has 0 bridgehead atoms. The van der Waals surface area contributed by atoms with E-state index in [2.05, 4.69) is 16.4 Å². The minimum atomic E-state index is -0.296. The van der Waals surface area contributed by atoms with Crippen molar-refractivity contribution >= 4 is 34.4 Å². The first-order valence-corrected chi connectivity index (χ1v) is 9.83. The van der Waals surface area contributed by atoms with E-state index in [9.17, 15) is 14.9 Å². The Hall–Kier alpha value is -3.70. The summed E-state index contributed by atoms with van der Waals surface area (Å²) in [5.74, 6) is -0.296. The fourth-order valence-corrected chi connectivity index (χ4v) is 4.41. The second kappa shape index (κ2) is 8.12. The standard InChI is InChI=1S/C21H17N5O2S/c22-12-17-16-8-10-25(21(28)26-11-9-23-14-26)13-18(16)29-20(17)24-19(27)7-6-15-4-2-1-3-5-15/h1-7,9,11,14H,8,10,13H2,(H,24,27)/b7-6+. The topological polar surface area (TPSA) is 91.0 Å². The van der Waals surface area contributed by atoms with E-state index in [0.717, 1.165) is 16.0 Å². The fourth-order valence-electron chi connectivity index (χ4n) is 3.20. The van der Waals surface area contributed by atoms with Crippen molar-refractivity contribution in [2.75, 3.05) is 11.9 Å². The van der Waals surface area contributed by atoms with Gasteiger partial charge in [0.1, 0.15) is 17.4 Å². The van der Waals surface area contributed by atoms with Crippen molar-refractivity contribution in [2.24, 2.45) is 0 Å². The van der Waals surface area contributed by atoms with Gasteiger partial charge in [-0.1, -0.05) is 30.3 Å². The third-order valence-corrected chi connectivity index (χ3v) is 5.76. The van der Waals surface area contributed by atoms with Gasteiger partial charge in [-0.15, -0.1) is 11.3 Å². The van der Waals surface area contributed by atoms with E-state index in [4.69, 9.17) is 0 Å². The molecule has 29 heavy (non-hydrogen) atoms. The smallest absolute Gasteiger partial charge is 0.319 e. The van der Waals surface area contributed by atoms with Crippen molar-refractivity contribution in [1.29, 1.82) is 5.26 Å². The second-order valence-electron chi connectivity index (χ2n) is 6.48. The van der Waals surface area contributed by atoms with Gasteiger partial charge in [0, 0.05) is 29.9 Å². The van der Waals surface area contributed by atoms with Gasteiger partial charge in [-0.25, -0.2) is 9.78 Å². The van der Waals surface area contributed by atoms with Crippen LogP contribution in [0.25, 0.3) is 6.08 Å². The van der Waals surface area contributed by atoms with Gasteiger partial charge < -0.3 is 10.2 Å². The molecule has 0 saturated heterocycles. The van der Waals surface area contributed by atoms with Gasteiger partial charge in [-0.2, -0.15) is 5.26 Å². The Bertz CT molecular complexity index is 1110. The summed E-state index contributed by atoms with van der Waals surface area (Å²) in [5.41, 5.74) is 2.32. The molecule has 1 N–H and O–H groups in total. The second-order valence-corrected chi connectivity index (χ2v) is 7.58. The van der Waals surface area contributed by atoms with Crippen LogP contribution in [0.1, 0.15) is 21.6 Å². The molecule has 8 heteroatoms. The molecule has 2 aromatic heterocycles. The van der Waals surface area contributed by atoms with Crippen molar-refractivity contribution < 1.29 is 9.59 Å². The molecule has 0 radical (unpaired) electrons. The lowest BCUT2D eigenvalue weighted by molar-refractivity contribution is -0.111. The first kappa shape index (κ1) is 18.7. The lowest BCUT2D eigenvalue weighted by Crippen LogP contribution is -2.37. The summed E-state index contributed by atoms with van der Waals surface area (Å²) < 4.78 is 1.43. The monoisotopic (exact) mass is 403 g/mol. The quantitative estimate of drug-likeness (QED) is 0.678. The van der Waals surface area contributed by atoms with E-state index in [-0.39, 0.29) is 11.9 Å². The van der Waals surface area contributed by atoms with E-state index in [0.29, 0.717) is 30.1 Å². The number of imidazole rings is 1. The third kappa shape index (κ3) is 3.95. The molecule has 2 amide bonds. The molecule has 3 aromatic rings. The fraction of sp³-hybridized carbons (Fsp3) is 0.143. The molecule has 0 saturated carbocycles. The van der Waals surface area contributed by atoms with Crippen LogP contribution in [0.4, 0.5) is 9.80 Å². The van der Waals surface area contributed by atoms with Crippen LogP contribution in [-0.4, -0.2) is 32.9 Å². The summed E-state index contributed by atoms with van der Waals surface area (Å²) in [6, 6.07) is 11.6. The summed E-state index contributed by atoms with van der Waals surface area (Å²) in [7, 11) is 0. The maximum Gasteiger partial charge on any atom is 0.329 e. The molecule has 1 aromatic carbocycles. The van der Waals surface area contributed by atoms with Crippen LogP contribution < -0.4 is 5.32 Å². The highest BCUT2D eigenvalue weighted by atomic mass is 32.1. The number of benzene rings is 1. The highest BCUT2D eigenvalue weighted by molar-refractivity contribution is 7.16. The Morgan fingerprint density at radius 1 is 1.28 bits per heavy atom. The predicted octanol–water partition coefficient (Wildman–Crippen LogP) is 3.49. The van der Waals surface area contributed by atoms with Gasteiger partial charge in [0.25, 0.3) is 0 Å². The molecular weight excluding hydrogens is 386 g/mol. The van der Waals surface area contributed by atoms with Crippen molar-refractivity contribution in [3.63, 3.8) is 0 Å². The number of anilines is 1. The minimum absolute atomic E-state index is 0.156. The number of aromatic nitrogens is 2. The molecule has 0 aliphatic carbocycles. The number of nitrogens with zero attached hydrogens (tertiary/aromatic N) is 4. The molecule has 144 valence electrons. The lowest BCUT2D eigenvalue weighted by atomic mass is 10.0. The van der Waals surface area contributed by atoms with Crippen LogP contribution in [-0.2, 0) is 17.8 Å². The number of amides is 2. The Kier molecular flexibility index (Phi) is 5.22. The third-order valence-electron chi connectivity index (χ3n) is 4.63. The van der Waals surface area contributed by atoms with E-state index >= 15 is 0 Å². The molecule has 0 atom stereocenters. The highest BCUT2D eigenvalue weighted by Gasteiger charge is 2.27. The van der Waals surface area contributed by atoms with Crippen LogP contribution in [0.15, 0.2) is 55.1 Å². The van der Waals surface area contributed by atoms with Crippen LogP contribution in [0.3, 0.4) is 0 Å². The van der Waals surface area contributed by atoms with Crippen molar-refractivity contribution in [3.8, 4) is 6.07 Å². The molecule has 0 unspecified atom stereocenters. The lowest BCUT2D eigenvalue weighted by Gasteiger charge is -2.26. The Morgan fingerprint density at radius 3 is 2.83 bits per heavy atom. The molecule has 0 fully saturated rings. The molecule has 7 nitrogen and oxygen atoms in total. The Labute approximate surface area is 171 Å². The van der Waals surface area contributed by atoms with E-state index in [1.165, 1.54) is 28.3 Å². The molecule has 1 aliphatic heterocycles. The number of hydrogen-bond donors (Lipinski definition) is 1. The van der Waals surface area contributed by atoms with Crippen LogP contribution in [0, 0.1) is 11.3 Å². The van der Waals surface area contributed by atoms with Crippen molar-refractivity contribution in [2.45, 2.75) is 13.0 Å². The largest absolute Gasteiger partial charge is 0.329 e. The number of hydrogen-bond acceptors (Lipinski definition) is 5. The van der Waals surface area contributed by atoms with Crippen molar-refractivity contribution in [3.05, 3.63) is 76.7 Å². The van der Waals surface area contributed by atoms with Gasteiger partial charge in [-0.05, 0) is 23.6 Å². The minimum Gasteiger partial charge on any atom is -0.319 e. The van der Waals surface area contributed by atoms with E-state index in [1.54, 1.807) is 23.4 Å². The maximum atomic E-state index is 12.5. The number of nitrogens with one attached hydrogen (secondary N) is 1. The number of thiophene rings is 1. The predicted molar refractivity (Wildman–Crippen MR) is 110 cm³/mol. The molecule has 3 heterocycles. The number of carbonyl (C=O) groups is 2. The van der Waals surface area contributed by atoms with Crippen molar-refractivity contribution in [1.82, 2.24) is 14.5 Å².